The number of aromatic nitrogens is 3. The van der Waals surface area contributed by atoms with Crippen molar-refractivity contribution in [2.24, 2.45) is 0 Å². The number of carbonyl (C=O) groups excluding carboxylic acids is 2. The zero-order valence-corrected chi connectivity index (χ0v) is 17.7. The molecule has 0 aliphatic carbocycles. The Morgan fingerprint density at radius 2 is 1.94 bits per heavy atom. The number of anilines is 2. The van der Waals surface area contributed by atoms with Gasteiger partial charge in [-0.15, -0.1) is 0 Å². The number of fused-ring (bicyclic) bond motifs is 1. The molecule has 32 heavy (non-hydrogen) atoms. The summed E-state index contributed by atoms with van der Waals surface area (Å²) in [6.45, 7) is 3.54. The summed E-state index contributed by atoms with van der Waals surface area (Å²) < 4.78 is 20.4. The average molecular weight is 435 g/mol. The van der Waals surface area contributed by atoms with Crippen LogP contribution in [0.3, 0.4) is 0 Å². The van der Waals surface area contributed by atoms with Crippen molar-refractivity contribution in [2.75, 3.05) is 23.4 Å². The number of rotatable bonds is 6. The van der Waals surface area contributed by atoms with Crippen LogP contribution in [-0.2, 0) is 14.3 Å². The van der Waals surface area contributed by atoms with E-state index in [4.69, 9.17) is 4.74 Å². The van der Waals surface area contributed by atoms with Gasteiger partial charge in [0.25, 0.3) is 0 Å². The molecule has 0 fully saturated rings. The summed E-state index contributed by atoms with van der Waals surface area (Å²) in [6.07, 6.45) is 1.38. The van der Waals surface area contributed by atoms with E-state index >= 15 is 0 Å². The van der Waals surface area contributed by atoms with Crippen molar-refractivity contribution in [1.82, 2.24) is 14.8 Å². The summed E-state index contributed by atoms with van der Waals surface area (Å²) in [7, 11) is 0. The van der Waals surface area contributed by atoms with Crippen molar-refractivity contribution in [3.05, 3.63) is 83.6 Å². The van der Waals surface area contributed by atoms with E-state index in [9.17, 15) is 14.0 Å². The second-order valence-corrected chi connectivity index (χ2v) is 7.18. The van der Waals surface area contributed by atoms with E-state index in [1.807, 2.05) is 30.3 Å². The number of esters is 1. The topological polar surface area (TPSA) is 89.3 Å². The van der Waals surface area contributed by atoms with Gasteiger partial charge < -0.3 is 15.0 Å². The molecule has 1 amide bonds. The number of ether oxygens (including phenoxy) is 1. The predicted octanol–water partition coefficient (Wildman–Crippen LogP) is 3.30. The van der Waals surface area contributed by atoms with Gasteiger partial charge in [-0.2, -0.15) is 10.1 Å². The summed E-state index contributed by atoms with van der Waals surface area (Å²) in [6, 6.07) is 14.5. The highest BCUT2D eigenvalue weighted by Crippen LogP contribution is 2.38. The van der Waals surface area contributed by atoms with Crippen molar-refractivity contribution in [3.8, 4) is 0 Å². The molecule has 0 unspecified atom stereocenters. The molecule has 9 heteroatoms. The van der Waals surface area contributed by atoms with E-state index in [0.717, 1.165) is 5.56 Å². The Kier molecular flexibility index (Phi) is 5.98. The molecule has 2 aromatic carbocycles. The molecular formula is C23H22FN5O3. The van der Waals surface area contributed by atoms with Gasteiger partial charge in [0, 0.05) is 11.4 Å². The van der Waals surface area contributed by atoms with E-state index in [-0.39, 0.29) is 13.2 Å². The SMILES string of the molecule is CCOC(=O)C1=C(C)N(CC(=O)Nc2cccc(F)c2)c2ncnn2[C@H]1c1ccccc1. The van der Waals surface area contributed by atoms with Crippen molar-refractivity contribution < 1.29 is 18.7 Å². The molecule has 164 valence electrons. The monoisotopic (exact) mass is 435 g/mol. The van der Waals surface area contributed by atoms with Crippen LogP contribution < -0.4 is 10.2 Å². The summed E-state index contributed by atoms with van der Waals surface area (Å²) in [5.74, 6) is -0.924. The lowest BCUT2D eigenvalue weighted by Crippen LogP contribution is -2.40. The molecule has 0 radical (unpaired) electrons. The Morgan fingerprint density at radius 3 is 2.66 bits per heavy atom. The molecule has 8 nitrogen and oxygen atoms in total. The minimum absolute atomic E-state index is 0.147. The van der Waals surface area contributed by atoms with Gasteiger partial charge in [0.05, 0.1) is 12.2 Å². The summed E-state index contributed by atoms with van der Waals surface area (Å²) >= 11 is 0. The Bertz CT molecular complexity index is 1180. The van der Waals surface area contributed by atoms with Crippen molar-refractivity contribution in [3.63, 3.8) is 0 Å². The van der Waals surface area contributed by atoms with E-state index in [2.05, 4.69) is 15.4 Å². The van der Waals surface area contributed by atoms with Gasteiger partial charge in [-0.05, 0) is 37.6 Å². The van der Waals surface area contributed by atoms with Crippen LogP contribution in [0.15, 0.2) is 72.2 Å². The van der Waals surface area contributed by atoms with E-state index in [0.29, 0.717) is 22.9 Å². The van der Waals surface area contributed by atoms with Crippen LogP contribution in [0.25, 0.3) is 0 Å². The molecule has 0 saturated carbocycles. The van der Waals surface area contributed by atoms with Crippen molar-refractivity contribution in [1.29, 1.82) is 0 Å². The molecule has 1 aromatic heterocycles. The molecule has 1 aliphatic heterocycles. The third-order valence-corrected chi connectivity index (χ3v) is 5.13. The zero-order chi connectivity index (χ0) is 22.7. The van der Waals surface area contributed by atoms with Crippen LogP contribution >= 0.6 is 0 Å². The molecule has 0 saturated heterocycles. The van der Waals surface area contributed by atoms with Crippen LogP contribution in [0, 0.1) is 5.82 Å². The lowest BCUT2D eigenvalue weighted by Gasteiger charge is -2.35. The molecule has 1 atom stereocenters. The maximum Gasteiger partial charge on any atom is 0.338 e. The summed E-state index contributed by atoms with van der Waals surface area (Å²) in [5.41, 5.74) is 2.08. The fourth-order valence-corrected chi connectivity index (χ4v) is 3.75. The van der Waals surface area contributed by atoms with Crippen LogP contribution in [0.5, 0.6) is 0 Å². The van der Waals surface area contributed by atoms with Crippen molar-refractivity contribution in [2.45, 2.75) is 19.9 Å². The van der Waals surface area contributed by atoms with Crippen LogP contribution in [0.4, 0.5) is 16.0 Å². The summed E-state index contributed by atoms with van der Waals surface area (Å²) in [5, 5.41) is 7.00. The van der Waals surface area contributed by atoms with Crippen LogP contribution in [0.2, 0.25) is 0 Å². The molecule has 0 bridgehead atoms. The first-order chi connectivity index (χ1) is 15.5. The number of amides is 1. The Balaban J connectivity index is 1.72. The number of nitrogens with one attached hydrogen (secondary N) is 1. The van der Waals surface area contributed by atoms with Gasteiger partial charge >= 0.3 is 5.97 Å². The molecule has 4 rings (SSSR count). The van der Waals surface area contributed by atoms with Gasteiger partial charge in [0.1, 0.15) is 24.7 Å². The Morgan fingerprint density at radius 1 is 1.16 bits per heavy atom. The number of allylic oxidation sites excluding steroid dienone is 1. The van der Waals surface area contributed by atoms with Gasteiger partial charge in [-0.1, -0.05) is 36.4 Å². The molecule has 1 aliphatic rings. The first-order valence-electron chi connectivity index (χ1n) is 10.1. The zero-order valence-electron chi connectivity index (χ0n) is 17.7. The minimum Gasteiger partial charge on any atom is -0.463 e. The Hall–Kier alpha value is -4.01. The van der Waals surface area contributed by atoms with Crippen molar-refractivity contribution >= 4 is 23.5 Å². The minimum atomic E-state index is -0.546. The number of hydrogen-bond donors (Lipinski definition) is 1. The van der Waals surface area contributed by atoms with E-state index in [1.165, 1.54) is 24.5 Å². The first kappa shape index (κ1) is 21.2. The smallest absolute Gasteiger partial charge is 0.338 e. The lowest BCUT2D eigenvalue weighted by atomic mass is 9.95. The number of nitrogens with zero attached hydrogens (tertiary/aromatic N) is 4. The molecule has 2 heterocycles. The third kappa shape index (κ3) is 4.09. The largest absolute Gasteiger partial charge is 0.463 e. The lowest BCUT2D eigenvalue weighted by molar-refractivity contribution is -0.139. The quantitative estimate of drug-likeness (QED) is 0.598. The van der Waals surface area contributed by atoms with Gasteiger partial charge in [0.2, 0.25) is 11.9 Å². The number of benzene rings is 2. The van der Waals surface area contributed by atoms with Gasteiger partial charge in [-0.3, -0.25) is 4.79 Å². The van der Waals surface area contributed by atoms with Crippen LogP contribution in [-0.4, -0.2) is 39.8 Å². The fraction of sp³-hybridized carbons (Fsp3) is 0.217. The van der Waals surface area contributed by atoms with Crippen LogP contribution in [0.1, 0.15) is 25.5 Å². The molecule has 0 spiro atoms. The highest BCUT2D eigenvalue weighted by Gasteiger charge is 2.38. The molecular weight excluding hydrogens is 413 g/mol. The molecule has 3 aromatic rings. The second-order valence-electron chi connectivity index (χ2n) is 7.18. The third-order valence-electron chi connectivity index (χ3n) is 5.13. The summed E-state index contributed by atoms with van der Waals surface area (Å²) in [4.78, 5) is 31.7. The van der Waals surface area contributed by atoms with Gasteiger partial charge in [0.15, 0.2) is 0 Å². The Labute approximate surface area is 184 Å². The van der Waals surface area contributed by atoms with E-state index < -0.39 is 23.7 Å². The maximum absolute atomic E-state index is 13.5. The second kappa shape index (κ2) is 9.01. The first-order valence-corrected chi connectivity index (χ1v) is 10.1. The highest BCUT2D eigenvalue weighted by molar-refractivity contribution is 5.96. The van der Waals surface area contributed by atoms with Gasteiger partial charge in [-0.25, -0.2) is 13.9 Å². The number of carbonyl (C=O) groups is 2. The number of halogens is 1. The maximum atomic E-state index is 13.5. The number of hydrogen-bond acceptors (Lipinski definition) is 6. The standard InChI is InChI=1S/C23H22FN5O3/c1-3-32-22(31)20-15(2)28(13-19(30)27-18-11-7-10-17(24)12-18)23-25-14-26-29(23)21(20)16-8-5-4-6-9-16/h4-12,14,21H,3,13H2,1-2H3,(H,27,30)/t21-/m0/s1. The molecule has 1 N–H and O–H groups in total. The predicted molar refractivity (Wildman–Crippen MR) is 116 cm³/mol. The fourth-order valence-electron chi connectivity index (χ4n) is 3.75. The highest BCUT2D eigenvalue weighted by atomic mass is 19.1. The van der Waals surface area contributed by atoms with E-state index in [1.54, 1.807) is 29.5 Å². The average Bonchev–Trinajstić information content (AvgIpc) is 3.25. The normalized spacial score (nSPS) is 15.3.